The molecule has 1 aromatic heterocycles. The predicted octanol–water partition coefficient (Wildman–Crippen LogP) is 1.99. The maximum absolute atomic E-state index is 12.4. The van der Waals surface area contributed by atoms with Crippen molar-refractivity contribution in [2.75, 3.05) is 18.0 Å². The number of aromatic nitrogens is 2. The first kappa shape index (κ1) is 19.0. The fourth-order valence-corrected chi connectivity index (χ4v) is 3.77. The summed E-state index contributed by atoms with van der Waals surface area (Å²) in [4.78, 5) is 24.1. The Morgan fingerprint density at radius 2 is 1.92 bits per heavy atom. The van der Waals surface area contributed by atoms with Crippen LogP contribution in [0.5, 0.6) is 0 Å². The molecular formula is C19H32N6O. The van der Waals surface area contributed by atoms with Gasteiger partial charge in [0, 0.05) is 36.6 Å². The number of carbonyl (C=O) groups is 1. The first-order chi connectivity index (χ1) is 12.5. The molecule has 2 aliphatic heterocycles. The van der Waals surface area contributed by atoms with E-state index in [1.807, 2.05) is 20.0 Å². The second-order valence-electron chi connectivity index (χ2n) is 7.67. The summed E-state index contributed by atoms with van der Waals surface area (Å²) >= 11 is 0. The average molecular weight is 361 g/mol. The van der Waals surface area contributed by atoms with E-state index in [1.54, 1.807) is 0 Å². The summed E-state index contributed by atoms with van der Waals surface area (Å²) in [6, 6.07) is 0.0128. The molecule has 3 heterocycles. The molecule has 3 unspecified atom stereocenters. The Bertz CT molecular complexity index is 614. The summed E-state index contributed by atoms with van der Waals surface area (Å²) < 4.78 is 0. The van der Waals surface area contributed by atoms with Gasteiger partial charge in [0.1, 0.15) is 6.04 Å². The van der Waals surface area contributed by atoms with E-state index >= 15 is 0 Å². The van der Waals surface area contributed by atoms with Crippen LogP contribution >= 0.6 is 0 Å². The van der Waals surface area contributed by atoms with Crippen LogP contribution in [0, 0.1) is 6.92 Å². The van der Waals surface area contributed by atoms with Crippen molar-refractivity contribution in [3.63, 3.8) is 0 Å². The van der Waals surface area contributed by atoms with Gasteiger partial charge in [-0.1, -0.05) is 19.3 Å². The van der Waals surface area contributed by atoms with Gasteiger partial charge in [0.2, 0.25) is 11.9 Å². The zero-order chi connectivity index (χ0) is 18.5. The standard InChI is InChI=1S/C19H32N6O/c1-13-11-17(24-23-13)18(26)21-14(2)16-12-20-19(22-15(16)3)25-9-7-5-4-6-8-10-25/h12-14,17,23-24H,4-11H2,1-3H3,(H,21,26). The molecule has 7 nitrogen and oxygen atoms in total. The molecule has 144 valence electrons. The molecule has 2 aliphatic rings. The number of amides is 1. The van der Waals surface area contributed by atoms with Crippen molar-refractivity contribution in [1.29, 1.82) is 0 Å². The van der Waals surface area contributed by atoms with Crippen LogP contribution in [-0.2, 0) is 4.79 Å². The Morgan fingerprint density at radius 1 is 1.23 bits per heavy atom. The van der Waals surface area contributed by atoms with Crippen LogP contribution in [0.15, 0.2) is 6.20 Å². The SMILES string of the molecule is Cc1nc(N2CCCCCCC2)ncc1C(C)NC(=O)C1CC(C)NN1. The van der Waals surface area contributed by atoms with E-state index in [2.05, 4.69) is 33.0 Å². The van der Waals surface area contributed by atoms with E-state index in [0.717, 1.165) is 36.7 Å². The van der Waals surface area contributed by atoms with Gasteiger partial charge in [-0.25, -0.2) is 15.4 Å². The maximum atomic E-state index is 12.4. The molecule has 0 bridgehead atoms. The first-order valence-electron chi connectivity index (χ1n) is 9.94. The van der Waals surface area contributed by atoms with Crippen molar-refractivity contribution in [3.8, 4) is 0 Å². The van der Waals surface area contributed by atoms with Crippen LogP contribution in [0.3, 0.4) is 0 Å². The Kier molecular flexibility index (Phi) is 6.43. The zero-order valence-electron chi connectivity index (χ0n) is 16.2. The monoisotopic (exact) mass is 360 g/mol. The molecule has 0 spiro atoms. The van der Waals surface area contributed by atoms with Gasteiger partial charge in [-0.15, -0.1) is 0 Å². The van der Waals surface area contributed by atoms with Gasteiger partial charge in [0.15, 0.2) is 0 Å². The molecular weight excluding hydrogens is 328 g/mol. The number of nitrogens with zero attached hydrogens (tertiary/aromatic N) is 3. The van der Waals surface area contributed by atoms with Crippen molar-refractivity contribution in [1.82, 2.24) is 26.1 Å². The van der Waals surface area contributed by atoms with Crippen molar-refractivity contribution in [2.24, 2.45) is 0 Å². The van der Waals surface area contributed by atoms with Gasteiger partial charge in [0.25, 0.3) is 0 Å². The summed E-state index contributed by atoms with van der Waals surface area (Å²) in [6.45, 7) is 8.12. The van der Waals surface area contributed by atoms with Crippen molar-refractivity contribution < 1.29 is 4.79 Å². The Hall–Kier alpha value is -1.73. The minimum atomic E-state index is -0.186. The number of aryl methyl sites for hydroxylation is 1. The molecule has 26 heavy (non-hydrogen) atoms. The Balaban J connectivity index is 1.63. The molecule has 0 aliphatic carbocycles. The van der Waals surface area contributed by atoms with Gasteiger partial charge in [0.05, 0.1) is 6.04 Å². The largest absolute Gasteiger partial charge is 0.348 e. The third kappa shape index (κ3) is 4.71. The average Bonchev–Trinajstić information content (AvgIpc) is 3.01. The first-order valence-corrected chi connectivity index (χ1v) is 9.94. The number of carbonyl (C=O) groups excluding carboxylic acids is 1. The topological polar surface area (TPSA) is 82.2 Å². The van der Waals surface area contributed by atoms with Crippen LogP contribution in [0.25, 0.3) is 0 Å². The molecule has 0 radical (unpaired) electrons. The highest BCUT2D eigenvalue weighted by Gasteiger charge is 2.28. The van der Waals surface area contributed by atoms with E-state index in [9.17, 15) is 4.79 Å². The second-order valence-corrected chi connectivity index (χ2v) is 7.67. The smallest absolute Gasteiger partial charge is 0.239 e. The summed E-state index contributed by atoms with van der Waals surface area (Å²) in [6.07, 6.45) is 9.01. The molecule has 0 saturated carbocycles. The van der Waals surface area contributed by atoms with Gasteiger partial charge in [-0.05, 0) is 40.0 Å². The molecule has 1 aromatic rings. The highest BCUT2D eigenvalue weighted by molar-refractivity contribution is 5.82. The van der Waals surface area contributed by atoms with Gasteiger partial charge < -0.3 is 10.2 Å². The van der Waals surface area contributed by atoms with E-state index < -0.39 is 0 Å². The molecule has 1 amide bonds. The molecule has 2 fully saturated rings. The van der Waals surface area contributed by atoms with Gasteiger partial charge in [-0.3, -0.25) is 10.2 Å². The second kappa shape index (κ2) is 8.77. The normalized spacial score (nSPS) is 25.4. The van der Waals surface area contributed by atoms with E-state index in [4.69, 9.17) is 4.98 Å². The molecule has 3 atom stereocenters. The quantitative estimate of drug-likeness (QED) is 0.762. The van der Waals surface area contributed by atoms with Crippen LogP contribution in [0.4, 0.5) is 5.95 Å². The molecule has 2 saturated heterocycles. The van der Waals surface area contributed by atoms with Gasteiger partial charge in [-0.2, -0.15) is 0 Å². The number of rotatable bonds is 4. The lowest BCUT2D eigenvalue weighted by atomic mass is 10.1. The van der Waals surface area contributed by atoms with E-state index in [1.165, 1.54) is 32.1 Å². The van der Waals surface area contributed by atoms with Crippen LogP contribution in [-0.4, -0.2) is 41.0 Å². The number of nitrogens with one attached hydrogen (secondary N) is 3. The summed E-state index contributed by atoms with van der Waals surface area (Å²) in [5.74, 6) is 0.837. The lowest BCUT2D eigenvalue weighted by Gasteiger charge is -2.26. The number of hydrogen-bond donors (Lipinski definition) is 3. The fourth-order valence-electron chi connectivity index (χ4n) is 3.77. The third-order valence-corrected chi connectivity index (χ3v) is 5.38. The van der Waals surface area contributed by atoms with E-state index in [0.29, 0.717) is 6.04 Å². The van der Waals surface area contributed by atoms with E-state index in [-0.39, 0.29) is 18.0 Å². The minimum absolute atomic E-state index is 0.0154. The number of anilines is 1. The van der Waals surface area contributed by atoms with Crippen molar-refractivity contribution in [3.05, 3.63) is 17.5 Å². The zero-order valence-corrected chi connectivity index (χ0v) is 16.2. The van der Waals surface area contributed by atoms with Crippen molar-refractivity contribution in [2.45, 2.75) is 77.4 Å². The van der Waals surface area contributed by atoms with Crippen molar-refractivity contribution >= 4 is 11.9 Å². The predicted molar refractivity (Wildman–Crippen MR) is 103 cm³/mol. The molecule has 7 heteroatoms. The highest BCUT2D eigenvalue weighted by atomic mass is 16.2. The summed E-state index contributed by atoms with van der Waals surface area (Å²) in [5.41, 5.74) is 8.05. The van der Waals surface area contributed by atoms with Crippen LogP contribution in [0.2, 0.25) is 0 Å². The number of hydrogen-bond acceptors (Lipinski definition) is 6. The summed E-state index contributed by atoms with van der Waals surface area (Å²) in [5, 5.41) is 3.08. The maximum Gasteiger partial charge on any atom is 0.239 e. The van der Waals surface area contributed by atoms with Gasteiger partial charge >= 0.3 is 0 Å². The number of hydrazine groups is 1. The lowest BCUT2D eigenvalue weighted by Crippen LogP contribution is -2.44. The Labute approximate surface area is 156 Å². The van der Waals surface area contributed by atoms with Crippen LogP contribution < -0.4 is 21.1 Å². The fraction of sp³-hybridized carbons (Fsp3) is 0.737. The van der Waals surface area contributed by atoms with Crippen LogP contribution in [0.1, 0.15) is 69.7 Å². The minimum Gasteiger partial charge on any atom is -0.348 e. The highest BCUT2D eigenvalue weighted by Crippen LogP contribution is 2.20. The summed E-state index contributed by atoms with van der Waals surface area (Å²) in [7, 11) is 0. The molecule has 0 aromatic carbocycles. The molecule has 3 N–H and O–H groups in total. The Morgan fingerprint density at radius 3 is 2.54 bits per heavy atom. The third-order valence-electron chi connectivity index (χ3n) is 5.38. The molecule has 3 rings (SSSR count). The lowest BCUT2D eigenvalue weighted by molar-refractivity contribution is -0.123.